The van der Waals surface area contributed by atoms with Crippen LogP contribution in [0.4, 0.5) is 0 Å². The van der Waals surface area contributed by atoms with Crippen molar-refractivity contribution in [2.24, 2.45) is 11.8 Å². The number of ether oxygens (including phenoxy) is 1. The zero-order valence-electron chi connectivity index (χ0n) is 16.1. The molecule has 1 aromatic rings. The van der Waals surface area contributed by atoms with Crippen molar-refractivity contribution in [3.8, 4) is 5.75 Å². The molecule has 2 fully saturated rings. The van der Waals surface area contributed by atoms with Gasteiger partial charge in [-0.25, -0.2) is 0 Å². The summed E-state index contributed by atoms with van der Waals surface area (Å²) in [6, 6.07) is 8.34. The summed E-state index contributed by atoms with van der Waals surface area (Å²) >= 11 is 0. The number of hydrogen-bond acceptors (Lipinski definition) is 3. The highest BCUT2D eigenvalue weighted by atomic mass is 16.5. The lowest BCUT2D eigenvalue weighted by Gasteiger charge is -2.47. The highest BCUT2D eigenvalue weighted by Crippen LogP contribution is 2.32. The fourth-order valence-electron chi connectivity index (χ4n) is 4.25. The molecule has 0 aliphatic carbocycles. The first-order valence-electron chi connectivity index (χ1n) is 9.70. The second kappa shape index (κ2) is 8.11. The first kappa shape index (κ1) is 18.7. The SMILES string of the molecule is COc1ccc(CCN2C(=O)CC[C@@H]3CN(C(=O)C(C)C)CC[C@@H]32)cc1. The van der Waals surface area contributed by atoms with Gasteiger partial charge in [0, 0.05) is 38.0 Å². The van der Waals surface area contributed by atoms with E-state index in [0.29, 0.717) is 12.3 Å². The van der Waals surface area contributed by atoms with E-state index in [4.69, 9.17) is 4.74 Å². The van der Waals surface area contributed by atoms with Gasteiger partial charge in [0.05, 0.1) is 7.11 Å². The molecule has 0 saturated carbocycles. The predicted molar refractivity (Wildman–Crippen MR) is 101 cm³/mol. The number of benzene rings is 1. The van der Waals surface area contributed by atoms with Gasteiger partial charge in [0.15, 0.2) is 0 Å². The van der Waals surface area contributed by atoms with Gasteiger partial charge in [-0.15, -0.1) is 0 Å². The van der Waals surface area contributed by atoms with E-state index in [1.54, 1.807) is 7.11 Å². The smallest absolute Gasteiger partial charge is 0.225 e. The molecule has 0 spiro atoms. The van der Waals surface area contributed by atoms with Crippen LogP contribution in [-0.4, -0.2) is 54.4 Å². The summed E-state index contributed by atoms with van der Waals surface area (Å²) in [4.78, 5) is 28.9. The van der Waals surface area contributed by atoms with Gasteiger partial charge in [-0.05, 0) is 42.9 Å². The van der Waals surface area contributed by atoms with Crippen LogP contribution < -0.4 is 4.74 Å². The maximum Gasteiger partial charge on any atom is 0.225 e. The fraction of sp³-hybridized carbons (Fsp3) is 0.619. The van der Waals surface area contributed by atoms with Crippen molar-refractivity contribution < 1.29 is 14.3 Å². The zero-order valence-corrected chi connectivity index (χ0v) is 16.1. The van der Waals surface area contributed by atoms with Crippen molar-refractivity contribution >= 4 is 11.8 Å². The van der Waals surface area contributed by atoms with Crippen LogP contribution in [0.2, 0.25) is 0 Å². The van der Waals surface area contributed by atoms with Gasteiger partial charge in [-0.2, -0.15) is 0 Å². The highest BCUT2D eigenvalue weighted by molar-refractivity contribution is 5.79. The number of methoxy groups -OCH3 is 1. The number of nitrogens with zero attached hydrogens (tertiary/aromatic N) is 2. The minimum Gasteiger partial charge on any atom is -0.497 e. The Labute approximate surface area is 156 Å². The lowest BCUT2D eigenvalue weighted by atomic mass is 9.83. The Hall–Kier alpha value is -2.04. The minimum absolute atomic E-state index is 0.0444. The quantitative estimate of drug-likeness (QED) is 0.813. The summed E-state index contributed by atoms with van der Waals surface area (Å²) in [6.45, 7) is 6.24. The molecule has 0 bridgehead atoms. The Balaban J connectivity index is 1.62. The van der Waals surface area contributed by atoms with Crippen LogP contribution in [0.25, 0.3) is 0 Å². The molecule has 142 valence electrons. The molecule has 2 heterocycles. The second-order valence-corrected chi connectivity index (χ2v) is 7.78. The van der Waals surface area contributed by atoms with Crippen molar-refractivity contribution in [2.75, 3.05) is 26.7 Å². The van der Waals surface area contributed by atoms with Gasteiger partial charge in [-0.3, -0.25) is 9.59 Å². The van der Waals surface area contributed by atoms with Crippen molar-refractivity contribution in [3.63, 3.8) is 0 Å². The van der Waals surface area contributed by atoms with Gasteiger partial charge < -0.3 is 14.5 Å². The standard InChI is InChI=1S/C21H30N2O3/c1-15(2)21(25)22-12-11-19-17(14-22)6-9-20(24)23(19)13-10-16-4-7-18(26-3)8-5-16/h4-5,7-8,15,17,19H,6,9-14H2,1-3H3/t17-,19+/m1/s1. The summed E-state index contributed by atoms with van der Waals surface area (Å²) in [7, 11) is 1.66. The Morgan fingerprint density at radius 2 is 1.96 bits per heavy atom. The molecule has 3 rings (SSSR count). The van der Waals surface area contributed by atoms with E-state index in [0.717, 1.165) is 44.6 Å². The first-order chi connectivity index (χ1) is 12.5. The summed E-state index contributed by atoms with van der Waals surface area (Å²) in [6.07, 6.45) is 3.27. The van der Waals surface area contributed by atoms with E-state index in [1.807, 2.05) is 30.9 Å². The molecule has 5 heteroatoms. The normalized spacial score (nSPS) is 23.2. The van der Waals surface area contributed by atoms with Gasteiger partial charge >= 0.3 is 0 Å². The summed E-state index contributed by atoms with van der Waals surface area (Å²) < 4.78 is 5.20. The molecule has 5 nitrogen and oxygen atoms in total. The van der Waals surface area contributed by atoms with Crippen molar-refractivity contribution in [2.45, 2.75) is 45.6 Å². The third-order valence-electron chi connectivity index (χ3n) is 5.75. The molecule has 0 N–H and O–H groups in total. The Morgan fingerprint density at radius 1 is 1.23 bits per heavy atom. The van der Waals surface area contributed by atoms with Gasteiger partial charge in [0.1, 0.15) is 5.75 Å². The first-order valence-corrected chi connectivity index (χ1v) is 9.70. The Morgan fingerprint density at radius 3 is 2.62 bits per heavy atom. The maximum absolute atomic E-state index is 12.5. The van der Waals surface area contributed by atoms with Crippen molar-refractivity contribution in [1.29, 1.82) is 0 Å². The van der Waals surface area contributed by atoms with Crippen LogP contribution in [-0.2, 0) is 16.0 Å². The number of fused-ring (bicyclic) bond motifs is 1. The van der Waals surface area contributed by atoms with Crippen LogP contribution in [0.15, 0.2) is 24.3 Å². The fourth-order valence-corrected chi connectivity index (χ4v) is 4.25. The van der Waals surface area contributed by atoms with E-state index < -0.39 is 0 Å². The van der Waals surface area contributed by atoms with Gasteiger partial charge in [-0.1, -0.05) is 26.0 Å². The minimum atomic E-state index is 0.0444. The Kier molecular flexibility index (Phi) is 5.84. The van der Waals surface area contributed by atoms with Crippen LogP contribution in [0.3, 0.4) is 0 Å². The van der Waals surface area contributed by atoms with Crippen LogP contribution in [0.1, 0.15) is 38.7 Å². The number of amides is 2. The number of carbonyl (C=O) groups excluding carboxylic acids is 2. The third kappa shape index (κ3) is 4.02. The van der Waals surface area contributed by atoms with E-state index in [9.17, 15) is 9.59 Å². The number of piperidine rings is 2. The summed E-state index contributed by atoms with van der Waals surface area (Å²) in [5, 5.41) is 0. The van der Waals surface area contributed by atoms with Crippen LogP contribution in [0.5, 0.6) is 5.75 Å². The molecular formula is C21H30N2O3. The van der Waals surface area contributed by atoms with Crippen molar-refractivity contribution in [1.82, 2.24) is 9.80 Å². The number of rotatable bonds is 5. The molecule has 2 amide bonds. The summed E-state index contributed by atoms with van der Waals surface area (Å²) in [5.41, 5.74) is 1.22. The molecule has 0 aromatic heterocycles. The molecule has 0 radical (unpaired) electrons. The molecule has 0 unspecified atom stereocenters. The highest BCUT2D eigenvalue weighted by Gasteiger charge is 2.40. The van der Waals surface area contributed by atoms with E-state index >= 15 is 0 Å². The molecule has 2 saturated heterocycles. The van der Waals surface area contributed by atoms with Crippen molar-refractivity contribution in [3.05, 3.63) is 29.8 Å². The maximum atomic E-state index is 12.5. The largest absolute Gasteiger partial charge is 0.497 e. The molecule has 2 aliphatic heterocycles. The monoisotopic (exact) mass is 358 g/mol. The number of likely N-dealkylation sites (tertiary alicyclic amines) is 2. The predicted octanol–water partition coefficient (Wildman–Crippen LogP) is 2.73. The Bertz CT molecular complexity index is 641. The van der Waals surface area contributed by atoms with Gasteiger partial charge in [0.25, 0.3) is 0 Å². The molecule has 2 atom stereocenters. The molecule has 1 aromatic carbocycles. The molecular weight excluding hydrogens is 328 g/mol. The molecule has 26 heavy (non-hydrogen) atoms. The topological polar surface area (TPSA) is 49.9 Å². The number of carbonyl (C=O) groups is 2. The molecule has 2 aliphatic rings. The van der Waals surface area contributed by atoms with E-state index in [1.165, 1.54) is 5.56 Å². The van der Waals surface area contributed by atoms with Crippen LogP contribution in [0, 0.1) is 11.8 Å². The third-order valence-corrected chi connectivity index (χ3v) is 5.75. The number of hydrogen-bond donors (Lipinski definition) is 0. The van der Waals surface area contributed by atoms with E-state index in [2.05, 4.69) is 17.0 Å². The van der Waals surface area contributed by atoms with Gasteiger partial charge in [0.2, 0.25) is 11.8 Å². The van der Waals surface area contributed by atoms with E-state index in [-0.39, 0.29) is 23.8 Å². The zero-order chi connectivity index (χ0) is 18.7. The average Bonchev–Trinajstić information content (AvgIpc) is 2.66. The van der Waals surface area contributed by atoms with Crippen LogP contribution >= 0.6 is 0 Å². The second-order valence-electron chi connectivity index (χ2n) is 7.78. The lowest BCUT2D eigenvalue weighted by molar-refractivity contribution is -0.145. The summed E-state index contributed by atoms with van der Waals surface area (Å²) in [5.74, 6) is 1.82. The average molecular weight is 358 g/mol. The lowest BCUT2D eigenvalue weighted by Crippen LogP contribution is -2.57.